The van der Waals surface area contributed by atoms with Gasteiger partial charge in [0.05, 0.1) is 5.69 Å². The van der Waals surface area contributed by atoms with Crippen LogP contribution in [0.2, 0.25) is 5.02 Å². The van der Waals surface area contributed by atoms with E-state index in [0.29, 0.717) is 22.0 Å². The summed E-state index contributed by atoms with van der Waals surface area (Å²) in [6, 6.07) is 13.9. The van der Waals surface area contributed by atoms with Crippen LogP contribution >= 0.6 is 11.6 Å². The zero-order chi connectivity index (χ0) is 20.4. The van der Waals surface area contributed by atoms with Crippen LogP contribution < -0.4 is 15.0 Å². The van der Waals surface area contributed by atoms with E-state index in [9.17, 15) is 14.0 Å². The van der Waals surface area contributed by atoms with Crippen molar-refractivity contribution in [2.24, 2.45) is 0 Å². The molecule has 0 spiro atoms. The molecule has 6 nitrogen and oxygen atoms in total. The third kappa shape index (κ3) is 4.05. The number of pyridine rings is 1. The largest absolute Gasteiger partial charge is 0.436 e. The highest BCUT2D eigenvalue weighted by Gasteiger charge is 2.30. The Labute approximate surface area is 170 Å². The van der Waals surface area contributed by atoms with Gasteiger partial charge in [0.2, 0.25) is 11.8 Å². The number of carbonyl (C=O) groups excluding carboxylic acids is 2. The number of rotatable bonds is 4. The second-order valence-electron chi connectivity index (χ2n) is 6.37. The highest BCUT2D eigenvalue weighted by Crippen LogP contribution is 2.39. The third-order valence-electron chi connectivity index (χ3n) is 4.35. The molecule has 1 aliphatic rings. The molecule has 1 aromatic heterocycles. The number of aromatic nitrogens is 1. The molecule has 1 N–H and O–H groups in total. The van der Waals surface area contributed by atoms with E-state index < -0.39 is 11.8 Å². The minimum atomic E-state index is -0.435. The summed E-state index contributed by atoms with van der Waals surface area (Å²) in [6.07, 6.45) is 1.52. The molecule has 0 atom stereocenters. The van der Waals surface area contributed by atoms with Gasteiger partial charge in [-0.05, 0) is 48.0 Å². The quantitative estimate of drug-likeness (QED) is 0.705. The van der Waals surface area contributed by atoms with E-state index in [0.717, 1.165) is 0 Å². The van der Waals surface area contributed by atoms with E-state index in [-0.39, 0.29) is 30.4 Å². The van der Waals surface area contributed by atoms with Crippen LogP contribution in [0.15, 0.2) is 60.8 Å². The fourth-order valence-electron chi connectivity index (χ4n) is 2.99. The van der Waals surface area contributed by atoms with Gasteiger partial charge in [-0.3, -0.25) is 14.5 Å². The molecule has 0 saturated carbocycles. The first kappa shape index (κ1) is 18.9. The van der Waals surface area contributed by atoms with Gasteiger partial charge < -0.3 is 10.1 Å². The standard InChI is InChI=1S/C21H15ClFN3O3/c22-14-6-7-18-17(10-14)26(21(28)16-5-2-8-24-20(16)29-18)12-19(27)25-11-13-3-1-4-15(23)9-13/h1-10H,11-12H2,(H,25,27). The number of halogens is 2. The van der Waals surface area contributed by atoms with Crippen LogP contribution in [0.5, 0.6) is 11.6 Å². The monoisotopic (exact) mass is 411 g/mol. The number of nitrogens with one attached hydrogen (secondary N) is 1. The Hall–Kier alpha value is -3.45. The summed E-state index contributed by atoms with van der Waals surface area (Å²) in [6.45, 7) is -0.130. The number of anilines is 1. The van der Waals surface area contributed by atoms with Crippen molar-refractivity contribution >= 4 is 29.1 Å². The van der Waals surface area contributed by atoms with Crippen molar-refractivity contribution in [1.29, 1.82) is 0 Å². The Morgan fingerprint density at radius 1 is 1.17 bits per heavy atom. The molecule has 0 aliphatic carbocycles. The van der Waals surface area contributed by atoms with Crippen molar-refractivity contribution < 1.29 is 18.7 Å². The van der Waals surface area contributed by atoms with E-state index >= 15 is 0 Å². The SMILES string of the molecule is O=C(CN1C(=O)c2cccnc2Oc2ccc(Cl)cc21)NCc1cccc(F)c1. The Bertz CT molecular complexity index is 1110. The third-order valence-corrected chi connectivity index (χ3v) is 4.58. The lowest BCUT2D eigenvalue weighted by Gasteiger charge is -2.21. The van der Waals surface area contributed by atoms with Gasteiger partial charge in [0, 0.05) is 17.8 Å². The van der Waals surface area contributed by atoms with Crippen molar-refractivity contribution in [3.8, 4) is 11.6 Å². The number of hydrogen-bond acceptors (Lipinski definition) is 4. The van der Waals surface area contributed by atoms with Crippen LogP contribution in [-0.4, -0.2) is 23.3 Å². The van der Waals surface area contributed by atoms with Crippen molar-refractivity contribution in [1.82, 2.24) is 10.3 Å². The first-order valence-corrected chi connectivity index (χ1v) is 9.14. The fourth-order valence-corrected chi connectivity index (χ4v) is 3.15. The normalized spacial score (nSPS) is 12.5. The molecular weight excluding hydrogens is 397 g/mol. The fraction of sp³-hybridized carbons (Fsp3) is 0.0952. The molecule has 0 fully saturated rings. The molecule has 4 rings (SSSR count). The molecule has 29 heavy (non-hydrogen) atoms. The van der Waals surface area contributed by atoms with Crippen LogP contribution in [0.3, 0.4) is 0 Å². The van der Waals surface area contributed by atoms with E-state index in [1.807, 2.05) is 0 Å². The Kier molecular flexibility index (Phi) is 5.14. The van der Waals surface area contributed by atoms with Crippen LogP contribution in [0, 0.1) is 5.82 Å². The van der Waals surface area contributed by atoms with Crippen LogP contribution in [0.25, 0.3) is 0 Å². The Balaban J connectivity index is 1.60. The molecule has 2 heterocycles. The minimum Gasteiger partial charge on any atom is -0.436 e. The predicted octanol–water partition coefficient (Wildman–Crippen LogP) is 3.94. The molecule has 8 heteroatoms. The Morgan fingerprint density at radius 3 is 2.86 bits per heavy atom. The lowest BCUT2D eigenvalue weighted by molar-refractivity contribution is -0.119. The number of ether oxygens (including phenoxy) is 1. The summed E-state index contributed by atoms with van der Waals surface area (Å²) in [4.78, 5) is 31.0. The van der Waals surface area contributed by atoms with E-state index in [4.69, 9.17) is 16.3 Å². The maximum Gasteiger partial charge on any atom is 0.264 e. The lowest BCUT2D eigenvalue weighted by atomic mass is 10.2. The van der Waals surface area contributed by atoms with Gasteiger partial charge in [0.25, 0.3) is 5.91 Å². The van der Waals surface area contributed by atoms with Crippen molar-refractivity contribution in [3.63, 3.8) is 0 Å². The first-order chi connectivity index (χ1) is 14.0. The second-order valence-corrected chi connectivity index (χ2v) is 6.80. The smallest absolute Gasteiger partial charge is 0.264 e. The van der Waals surface area contributed by atoms with E-state index in [1.165, 1.54) is 23.2 Å². The predicted molar refractivity (Wildman–Crippen MR) is 106 cm³/mol. The maximum absolute atomic E-state index is 13.3. The van der Waals surface area contributed by atoms with Gasteiger partial charge in [-0.2, -0.15) is 0 Å². The van der Waals surface area contributed by atoms with Gasteiger partial charge in [0.1, 0.15) is 17.9 Å². The summed E-state index contributed by atoms with van der Waals surface area (Å²) >= 11 is 6.10. The van der Waals surface area contributed by atoms with Gasteiger partial charge in [-0.1, -0.05) is 23.7 Å². The van der Waals surface area contributed by atoms with Gasteiger partial charge >= 0.3 is 0 Å². The van der Waals surface area contributed by atoms with Gasteiger partial charge in [-0.15, -0.1) is 0 Å². The average molecular weight is 412 g/mol. The van der Waals surface area contributed by atoms with Crippen LogP contribution in [0.4, 0.5) is 10.1 Å². The molecule has 0 saturated heterocycles. The number of carbonyl (C=O) groups is 2. The zero-order valence-electron chi connectivity index (χ0n) is 15.1. The number of benzene rings is 2. The minimum absolute atomic E-state index is 0.135. The van der Waals surface area contributed by atoms with Crippen LogP contribution in [0.1, 0.15) is 15.9 Å². The van der Waals surface area contributed by atoms with Crippen molar-refractivity contribution in [3.05, 3.63) is 82.8 Å². The van der Waals surface area contributed by atoms with Gasteiger partial charge in [-0.25, -0.2) is 9.37 Å². The molecule has 0 bridgehead atoms. The summed E-state index contributed by atoms with van der Waals surface area (Å²) in [7, 11) is 0. The number of fused-ring (bicyclic) bond motifs is 2. The summed E-state index contributed by atoms with van der Waals surface area (Å²) in [5, 5.41) is 3.09. The summed E-state index contributed by atoms with van der Waals surface area (Å²) in [5.41, 5.74) is 1.21. The molecular formula is C21H15ClFN3O3. The molecule has 2 aromatic carbocycles. The topological polar surface area (TPSA) is 71.5 Å². The number of amides is 2. The molecule has 3 aromatic rings. The average Bonchev–Trinajstić information content (AvgIpc) is 2.82. The van der Waals surface area contributed by atoms with Gasteiger partial charge in [0.15, 0.2) is 5.75 Å². The van der Waals surface area contributed by atoms with Crippen LogP contribution in [-0.2, 0) is 11.3 Å². The molecule has 0 radical (unpaired) electrons. The Morgan fingerprint density at radius 2 is 2.03 bits per heavy atom. The summed E-state index contributed by atoms with van der Waals surface area (Å²) in [5.74, 6) is -0.720. The van der Waals surface area contributed by atoms with Crippen molar-refractivity contribution in [2.45, 2.75) is 6.54 Å². The highest BCUT2D eigenvalue weighted by molar-refractivity contribution is 6.31. The molecule has 2 amide bonds. The summed E-state index contributed by atoms with van der Waals surface area (Å²) < 4.78 is 19.1. The number of hydrogen-bond donors (Lipinski definition) is 1. The lowest BCUT2D eigenvalue weighted by Crippen LogP contribution is -2.40. The van der Waals surface area contributed by atoms with E-state index in [1.54, 1.807) is 42.5 Å². The highest BCUT2D eigenvalue weighted by atomic mass is 35.5. The van der Waals surface area contributed by atoms with Crippen molar-refractivity contribution in [2.75, 3.05) is 11.4 Å². The number of nitrogens with zero attached hydrogens (tertiary/aromatic N) is 2. The first-order valence-electron chi connectivity index (χ1n) is 8.77. The second kappa shape index (κ2) is 7.89. The van der Waals surface area contributed by atoms with E-state index in [2.05, 4.69) is 10.3 Å². The molecule has 1 aliphatic heterocycles. The molecule has 146 valence electrons. The zero-order valence-corrected chi connectivity index (χ0v) is 15.8. The molecule has 0 unspecified atom stereocenters. The maximum atomic E-state index is 13.3.